The summed E-state index contributed by atoms with van der Waals surface area (Å²) in [6.07, 6.45) is 0.710. The Bertz CT molecular complexity index is 694. The number of carboxylic acids is 1. The first-order valence-electron chi connectivity index (χ1n) is 8.49. The van der Waals surface area contributed by atoms with E-state index >= 15 is 0 Å². The van der Waals surface area contributed by atoms with Crippen molar-refractivity contribution in [3.8, 4) is 0 Å². The van der Waals surface area contributed by atoms with Crippen LogP contribution >= 0.6 is 0 Å². The number of carboxylic acid groups (broad SMARTS) is 1. The van der Waals surface area contributed by atoms with Gasteiger partial charge in [0.05, 0.1) is 16.6 Å². The highest BCUT2D eigenvalue weighted by Crippen LogP contribution is 2.18. The third-order valence-corrected chi connectivity index (χ3v) is 5.35. The van der Waals surface area contributed by atoms with Gasteiger partial charge in [-0.3, -0.25) is 4.79 Å². The van der Waals surface area contributed by atoms with Crippen LogP contribution in [0.4, 0.5) is 4.79 Å². The van der Waals surface area contributed by atoms with Gasteiger partial charge in [-0.05, 0) is 45.7 Å². The Kier molecular flexibility index (Phi) is 8.08. The Hall–Kier alpha value is -2.09. The quantitative estimate of drug-likeness (QED) is 0.633. The van der Waals surface area contributed by atoms with Crippen LogP contribution in [0.1, 0.15) is 40.0 Å². The molecule has 0 saturated heterocycles. The molecule has 0 heterocycles. The van der Waals surface area contributed by atoms with Crippen molar-refractivity contribution in [1.29, 1.82) is 0 Å². The molecule has 0 unspecified atom stereocenters. The van der Waals surface area contributed by atoms with Crippen LogP contribution < -0.4 is 5.32 Å². The third-order valence-electron chi connectivity index (χ3n) is 3.52. The first-order chi connectivity index (χ1) is 12.0. The number of aliphatic carboxylic acids is 1. The Labute approximate surface area is 154 Å². The van der Waals surface area contributed by atoms with E-state index in [0.29, 0.717) is 19.4 Å². The average molecular weight is 385 g/mol. The maximum absolute atomic E-state index is 12.3. The predicted octanol–water partition coefficient (Wildman–Crippen LogP) is 2.86. The molecule has 0 bridgehead atoms. The maximum Gasteiger partial charge on any atom is 0.407 e. The molecule has 146 valence electrons. The number of alkyl carbamates (subject to hydrolysis) is 1. The molecule has 0 aliphatic rings. The molecule has 1 aromatic carbocycles. The average Bonchev–Trinajstić information content (AvgIpc) is 2.52. The second-order valence-electron chi connectivity index (χ2n) is 7.05. The van der Waals surface area contributed by atoms with E-state index in [9.17, 15) is 23.1 Å². The number of benzene rings is 1. The van der Waals surface area contributed by atoms with Crippen LogP contribution in [0.25, 0.3) is 0 Å². The molecule has 0 saturated carbocycles. The van der Waals surface area contributed by atoms with Gasteiger partial charge in [-0.15, -0.1) is 0 Å². The number of rotatable bonds is 9. The van der Waals surface area contributed by atoms with Crippen molar-refractivity contribution in [2.24, 2.45) is 5.92 Å². The van der Waals surface area contributed by atoms with E-state index in [1.54, 1.807) is 39.0 Å². The highest BCUT2D eigenvalue weighted by atomic mass is 32.2. The van der Waals surface area contributed by atoms with Crippen LogP contribution in [0, 0.1) is 5.92 Å². The Morgan fingerprint density at radius 1 is 1.15 bits per heavy atom. The number of hydrogen-bond donors (Lipinski definition) is 2. The molecule has 1 rings (SSSR count). The van der Waals surface area contributed by atoms with Gasteiger partial charge in [0.2, 0.25) is 0 Å². The molecule has 8 heteroatoms. The second-order valence-corrected chi connectivity index (χ2v) is 9.09. The first kappa shape index (κ1) is 22.0. The molecular weight excluding hydrogens is 358 g/mol. The van der Waals surface area contributed by atoms with Crippen LogP contribution in [0.15, 0.2) is 35.2 Å². The van der Waals surface area contributed by atoms with E-state index in [2.05, 4.69) is 5.32 Å². The molecule has 26 heavy (non-hydrogen) atoms. The van der Waals surface area contributed by atoms with Gasteiger partial charge in [-0.1, -0.05) is 24.6 Å². The zero-order valence-electron chi connectivity index (χ0n) is 15.4. The summed E-state index contributed by atoms with van der Waals surface area (Å²) in [6.45, 7) is 5.62. The SMILES string of the molecule is CC(C)(C)OC(=O)NCCCC[C@H](CS(=O)(=O)c1ccccc1)C(=O)O. The fourth-order valence-electron chi connectivity index (χ4n) is 2.29. The molecule has 0 fully saturated rings. The molecule has 1 atom stereocenters. The van der Waals surface area contributed by atoms with Crippen molar-refractivity contribution in [1.82, 2.24) is 5.32 Å². The predicted molar refractivity (Wildman–Crippen MR) is 97.7 cm³/mol. The minimum absolute atomic E-state index is 0.123. The van der Waals surface area contributed by atoms with E-state index in [0.717, 1.165) is 0 Å². The van der Waals surface area contributed by atoms with Crippen LogP contribution in [0.2, 0.25) is 0 Å². The lowest BCUT2D eigenvalue weighted by Crippen LogP contribution is -2.33. The number of hydrogen-bond acceptors (Lipinski definition) is 5. The summed E-state index contributed by atoms with van der Waals surface area (Å²) in [5, 5.41) is 11.9. The van der Waals surface area contributed by atoms with Crippen LogP contribution in [-0.2, 0) is 19.4 Å². The fourth-order valence-corrected chi connectivity index (χ4v) is 3.89. The van der Waals surface area contributed by atoms with E-state index in [1.807, 2.05) is 0 Å². The van der Waals surface area contributed by atoms with Gasteiger partial charge in [0, 0.05) is 6.54 Å². The molecule has 1 amide bonds. The molecule has 0 aliphatic carbocycles. The van der Waals surface area contributed by atoms with E-state index in [-0.39, 0.29) is 11.3 Å². The van der Waals surface area contributed by atoms with Crippen molar-refractivity contribution >= 4 is 21.9 Å². The maximum atomic E-state index is 12.3. The minimum atomic E-state index is -3.65. The summed E-state index contributed by atoms with van der Waals surface area (Å²) in [7, 11) is -3.65. The lowest BCUT2D eigenvalue weighted by molar-refractivity contribution is -0.141. The fraction of sp³-hybridized carbons (Fsp3) is 0.556. The molecule has 0 aliphatic heterocycles. The van der Waals surface area contributed by atoms with Crippen molar-refractivity contribution in [3.05, 3.63) is 30.3 Å². The van der Waals surface area contributed by atoms with Gasteiger partial charge in [0.1, 0.15) is 5.60 Å². The second kappa shape index (κ2) is 9.56. The van der Waals surface area contributed by atoms with Gasteiger partial charge in [0.25, 0.3) is 0 Å². The topological polar surface area (TPSA) is 110 Å². The summed E-state index contributed by atoms with van der Waals surface area (Å²) in [6, 6.07) is 7.82. The normalized spacial score (nSPS) is 13.0. The van der Waals surface area contributed by atoms with Crippen molar-refractivity contribution in [3.63, 3.8) is 0 Å². The van der Waals surface area contributed by atoms with Crippen LogP contribution in [0.3, 0.4) is 0 Å². The summed E-state index contributed by atoms with van der Waals surface area (Å²) in [5.41, 5.74) is -0.579. The standard InChI is InChI=1S/C18H27NO6S/c1-18(2,3)25-17(22)19-12-8-7-9-14(16(20)21)13-26(23,24)15-10-5-4-6-11-15/h4-6,10-11,14H,7-9,12-13H2,1-3H3,(H,19,22)(H,20,21)/t14-/m1/s1. The number of sulfone groups is 1. The number of nitrogens with one attached hydrogen (secondary N) is 1. The third kappa shape index (κ3) is 8.33. The molecule has 1 aromatic rings. The van der Waals surface area contributed by atoms with Gasteiger partial charge < -0.3 is 15.2 Å². The highest BCUT2D eigenvalue weighted by Gasteiger charge is 2.26. The van der Waals surface area contributed by atoms with Gasteiger partial charge in [-0.25, -0.2) is 13.2 Å². The van der Waals surface area contributed by atoms with Gasteiger partial charge in [0.15, 0.2) is 9.84 Å². The molecule has 0 aromatic heterocycles. The number of carbonyl (C=O) groups excluding carboxylic acids is 1. The lowest BCUT2D eigenvalue weighted by Gasteiger charge is -2.19. The Morgan fingerprint density at radius 2 is 1.77 bits per heavy atom. The zero-order chi connectivity index (χ0) is 19.8. The smallest absolute Gasteiger partial charge is 0.407 e. The monoisotopic (exact) mass is 385 g/mol. The Balaban J connectivity index is 2.45. The van der Waals surface area contributed by atoms with Crippen molar-refractivity contribution in [2.45, 2.75) is 50.5 Å². The van der Waals surface area contributed by atoms with E-state index in [4.69, 9.17) is 4.74 Å². The van der Waals surface area contributed by atoms with Gasteiger partial charge in [-0.2, -0.15) is 0 Å². The van der Waals surface area contributed by atoms with E-state index in [1.165, 1.54) is 12.1 Å². The number of amides is 1. The first-order valence-corrected chi connectivity index (χ1v) is 10.1. The van der Waals surface area contributed by atoms with Crippen molar-refractivity contribution in [2.75, 3.05) is 12.3 Å². The van der Waals surface area contributed by atoms with Gasteiger partial charge >= 0.3 is 12.1 Å². The highest BCUT2D eigenvalue weighted by molar-refractivity contribution is 7.91. The molecule has 0 radical (unpaired) electrons. The summed E-state index contributed by atoms with van der Waals surface area (Å²) in [5.74, 6) is -2.56. The van der Waals surface area contributed by atoms with Crippen LogP contribution in [0.5, 0.6) is 0 Å². The lowest BCUT2D eigenvalue weighted by atomic mass is 10.0. The van der Waals surface area contributed by atoms with Crippen LogP contribution in [-0.4, -0.2) is 43.5 Å². The largest absolute Gasteiger partial charge is 0.481 e. The minimum Gasteiger partial charge on any atom is -0.481 e. The molecule has 7 nitrogen and oxygen atoms in total. The Morgan fingerprint density at radius 3 is 2.31 bits per heavy atom. The summed E-state index contributed by atoms with van der Waals surface area (Å²) in [4.78, 5) is 23.0. The summed E-state index contributed by atoms with van der Waals surface area (Å²) >= 11 is 0. The number of ether oxygens (including phenoxy) is 1. The number of unbranched alkanes of at least 4 members (excludes halogenated alkanes) is 1. The molecular formula is C18H27NO6S. The molecule has 2 N–H and O–H groups in total. The zero-order valence-corrected chi connectivity index (χ0v) is 16.2. The molecule has 0 spiro atoms. The van der Waals surface area contributed by atoms with Crippen molar-refractivity contribution < 1.29 is 27.9 Å². The summed E-state index contributed by atoms with van der Waals surface area (Å²) < 4.78 is 29.7. The van der Waals surface area contributed by atoms with E-state index < -0.39 is 39.2 Å². The number of carbonyl (C=O) groups is 2.